The molecule has 0 atom stereocenters. The highest BCUT2D eigenvalue weighted by atomic mass is 32.1. The highest BCUT2D eigenvalue weighted by Gasteiger charge is 2.52. The molecule has 34 heavy (non-hydrogen) atoms. The number of thiazole rings is 1. The fourth-order valence-corrected chi connectivity index (χ4v) is 8.02. The largest absolute Gasteiger partial charge is 0.298 e. The van der Waals surface area contributed by atoms with Crippen molar-refractivity contribution in [3.8, 4) is 11.3 Å². The lowest BCUT2D eigenvalue weighted by atomic mass is 9.49. The summed E-state index contributed by atoms with van der Waals surface area (Å²) in [5.74, 6) is 2.48. The van der Waals surface area contributed by atoms with E-state index in [2.05, 4.69) is 15.7 Å². The van der Waals surface area contributed by atoms with E-state index in [9.17, 15) is 4.79 Å². The number of nitrogens with one attached hydrogen (secondary N) is 1. The molecule has 4 fully saturated rings. The van der Waals surface area contributed by atoms with Gasteiger partial charge in [-0.25, -0.2) is 9.97 Å². The smallest absolute Gasteiger partial charge is 0.258 e. The van der Waals surface area contributed by atoms with Crippen molar-refractivity contribution in [1.82, 2.24) is 15.0 Å². The van der Waals surface area contributed by atoms with Gasteiger partial charge in [-0.2, -0.15) is 0 Å². The molecule has 4 aromatic rings. The number of hydrogen-bond donors (Lipinski definition) is 1. The van der Waals surface area contributed by atoms with Crippen molar-refractivity contribution in [3.05, 3.63) is 71.5 Å². The molecule has 1 N–H and O–H groups in total. The van der Waals surface area contributed by atoms with Gasteiger partial charge in [-0.3, -0.25) is 15.1 Å². The molecule has 3 heterocycles. The SMILES string of the molecule is O=C(Nc1nc(C23CC4CC(CC(C4)C2)C3)cs1)c1cc(-c2cccnc2)nc2ccccc12. The second-order valence-corrected chi connectivity index (χ2v) is 11.4. The van der Waals surface area contributed by atoms with Gasteiger partial charge in [0.2, 0.25) is 0 Å². The monoisotopic (exact) mass is 466 g/mol. The first-order valence-electron chi connectivity index (χ1n) is 12.2. The molecule has 0 spiro atoms. The number of anilines is 1. The molecule has 4 saturated carbocycles. The molecule has 1 aromatic carbocycles. The van der Waals surface area contributed by atoms with Crippen LogP contribution in [-0.4, -0.2) is 20.9 Å². The molecular formula is C28H26N4OS. The number of para-hydroxylation sites is 1. The summed E-state index contributed by atoms with van der Waals surface area (Å²) in [5, 5.41) is 6.84. The van der Waals surface area contributed by atoms with Crippen LogP contribution in [0.2, 0.25) is 0 Å². The predicted molar refractivity (Wildman–Crippen MR) is 135 cm³/mol. The zero-order valence-electron chi connectivity index (χ0n) is 18.9. The summed E-state index contributed by atoms with van der Waals surface area (Å²) < 4.78 is 0. The maximum Gasteiger partial charge on any atom is 0.258 e. The van der Waals surface area contributed by atoms with E-state index in [0.29, 0.717) is 10.7 Å². The lowest BCUT2D eigenvalue weighted by molar-refractivity contribution is -0.00688. The summed E-state index contributed by atoms with van der Waals surface area (Å²) in [6.45, 7) is 0. The van der Waals surface area contributed by atoms with Gasteiger partial charge in [0.1, 0.15) is 0 Å². The van der Waals surface area contributed by atoms with Crippen molar-refractivity contribution >= 4 is 33.3 Å². The van der Waals surface area contributed by atoms with Gasteiger partial charge < -0.3 is 0 Å². The average Bonchev–Trinajstić information content (AvgIpc) is 3.32. The Bertz CT molecular complexity index is 1360. The zero-order chi connectivity index (χ0) is 22.7. The molecule has 0 unspecified atom stereocenters. The van der Waals surface area contributed by atoms with Gasteiger partial charge in [0.25, 0.3) is 5.91 Å². The molecule has 170 valence electrons. The summed E-state index contributed by atoms with van der Waals surface area (Å²) in [6.07, 6.45) is 11.6. The van der Waals surface area contributed by atoms with Crippen molar-refractivity contribution in [1.29, 1.82) is 0 Å². The van der Waals surface area contributed by atoms with Crippen LogP contribution >= 0.6 is 11.3 Å². The third kappa shape index (κ3) is 3.35. The number of carbonyl (C=O) groups excluding carboxylic acids is 1. The van der Waals surface area contributed by atoms with Crippen LogP contribution in [0.3, 0.4) is 0 Å². The minimum absolute atomic E-state index is 0.143. The Labute approximate surface area is 202 Å². The lowest BCUT2D eigenvalue weighted by Gasteiger charge is -2.56. The molecule has 4 aliphatic rings. The Kier molecular flexibility index (Phi) is 4.59. The summed E-state index contributed by atoms with van der Waals surface area (Å²) in [5.41, 5.74) is 4.48. The van der Waals surface area contributed by atoms with Crippen LogP contribution in [0.1, 0.15) is 54.6 Å². The number of carbonyl (C=O) groups is 1. The summed E-state index contributed by atoms with van der Waals surface area (Å²) in [7, 11) is 0. The van der Waals surface area contributed by atoms with Gasteiger partial charge >= 0.3 is 0 Å². The Morgan fingerprint density at radius 2 is 1.74 bits per heavy atom. The van der Waals surface area contributed by atoms with Crippen LogP contribution in [0.25, 0.3) is 22.2 Å². The number of aromatic nitrogens is 3. The predicted octanol–water partition coefficient (Wildman–Crippen LogP) is 6.47. The molecule has 0 radical (unpaired) electrons. The molecule has 0 aliphatic heterocycles. The Morgan fingerprint density at radius 3 is 2.47 bits per heavy atom. The first-order chi connectivity index (χ1) is 16.6. The van der Waals surface area contributed by atoms with Crippen molar-refractivity contribution in [2.45, 2.75) is 43.9 Å². The molecule has 6 heteroatoms. The maximum absolute atomic E-state index is 13.5. The topological polar surface area (TPSA) is 67.8 Å². The fourth-order valence-electron chi connectivity index (χ4n) is 7.19. The average molecular weight is 467 g/mol. The zero-order valence-corrected chi connectivity index (χ0v) is 19.7. The number of benzene rings is 1. The normalized spacial score (nSPS) is 27.2. The third-order valence-corrected chi connectivity index (χ3v) is 8.98. The van der Waals surface area contributed by atoms with Gasteiger partial charge in [0.05, 0.1) is 22.5 Å². The van der Waals surface area contributed by atoms with Crippen molar-refractivity contribution < 1.29 is 4.79 Å². The number of nitrogens with zero attached hydrogens (tertiary/aromatic N) is 3. The summed E-state index contributed by atoms with van der Waals surface area (Å²) in [4.78, 5) is 27.5. The summed E-state index contributed by atoms with van der Waals surface area (Å²) >= 11 is 1.56. The van der Waals surface area contributed by atoms with Crippen LogP contribution in [0.4, 0.5) is 5.13 Å². The van der Waals surface area contributed by atoms with Gasteiger partial charge in [-0.15, -0.1) is 11.3 Å². The van der Waals surface area contributed by atoms with Gasteiger partial charge in [0.15, 0.2) is 5.13 Å². The molecule has 1 amide bonds. The van der Waals surface area contributed by atoms with Crippen LogP contribution in [0, 0.1) is 17.8 Å². The quantitative estimate of drug-likeness (QED) is 0.374. The van der Waals surface area contributed by atoms with Crippen molar-refractivity contribution in [2.24, 2.45) is 17.8 Å². The number of hydrogen-bond acceptors (Lipinski definition) is 5. The first kappa shape index (κ1) is 20.3. The maximum atomic E-state index is 13.5. The third-order valence-electron chi connectivity index (χ3n) is 8.22. The second kappa shape index (κ2) is 7.70. The van der Waals surface area contributed by atoms with E-state index in [1.54, 1.807) is 23.7 Å². The molecule has 4 aliphatic carbocycles. The van der Waals surface area contributed by atoms with E-state index in [-0.39, 0.29) is 11.3 Å². The molecule has 8 rings (SSSR count). The molecular weight excluding hydrogens is 440 g/mol. The molecule has 0 saturated heterocycles. The Balaban J connectivity index is 1.20. The van der Waals surface area contributed by atoms with Gasteiger partial charge in [-0.05, 0) is 80.5 Å². The number of fused-ring (bicyclic) bond motifs is 1. The van der Waals surface area contributed by atoms with E-state index >= 15 is 0 Å². The number of amides is 1. The van der Waals surface area contributed by atoms with Crippen LogP contribution in [-0.2, 0) is 5.41 Å². The minimum atomic E-state index is -0.143. The van der Waals surface area contributed by atoms with Crippen molar-refractivity contribution in [3.63, 3.8) is 0 Å². The van der Waals surface area contributed by atoms with Gasteiger partial charge in [-0.1, -0.05) is 18.2 Å². The van der Waals surface area contributed by atoms with Gasteiger partial charge in [0, 0.05) is 34.1 Å². The molecule has 3 aromatic heterocycles. The summed E-state index contributed by atoms with van der Waals surface area (Å²) in [6, 6.07) is 13.5. The lowest BCUT2D eigenvalue weighted by Crippen LogP contribution is -2.48. The standard InChI is InChI=1S/C28H26N4OS/c33-26(22-11-24(20-4-3-7-29-15-20)30-23-6-2-1-5-21(22)23)32-27-31-25(16-34-27)28-12-17-8-18(13-28)10-19(9-17)14-28/h1-7,11,15-19H,8-10,12-14H2,(H,31,32,33). The van der Waals surface area contributed by atoms with E-state index in [1.807, 2.05) is 42.5 Å². The van der Waals surface area contributed by atoms with E-state index in [4.69, 9.17) is 9.97 Å². The van der Waals surface area contributed by atoms with E-state index in [0.717, 1.165) is 39.9 Å². The van der Waals surface area contributed by atoms with Crippen LogP contribution < -0.4 is 5.32 Å². The van der Waals surface area contributed by atoms with Crippen molar-refractivity contribution in [2.75, 3.05) is 5.32 Å². The number of rotatable bonds is 4. The fraction of sp³-hybridized carbons (Fsp3) is 0.357. The molecule has 4 bridgehead atoms. The Hall–Kier alpha value is -3.12. The van der Waals surface area contributed by atoms with E-state index in [1.165, 1.54) is 44.2 Å². The highest BCUT2D eigenvalue weighted by molar-refractivity contribution is 7.14. The van der Waals surface area contributed by atoms with Crippen LogP contribution in [0.5, 0.6) is 0 Å². The second-order valence-electron chi connectivity index (χ2n) is 10.5. The van der Waals surface area contributed by atoms with Crippen LogP contribution in [0.15, 0.2) is 60.2 Å². The highest BCUT2D eigenvalue weighted by Crippen LogP contribution is 2.60. The molecule has 5 nitrogen and oxygen atoms in total. The minimum Gasteiger partial charge on any atom is -0.298 e. The van der Waals surface area contributed by atoms with E-state index < -0.39 is 0 Å². The Morgan fingerprint density at radius 1 is 0.971 bits per heavy atom. The number of pyridine rings is 2. The first-order valence-corrected chi connectivity index (χ1v) is 13.1.